The van der Waals surface area contributed by atoms with Crippen molar-refractivity contribution >= 4 is 47.8 Å². The van der Waals surface area contributed by atoms with Crippen molar-refractivity contribution in [2.24, 2.45) is 15.9 Å². The van der Waals surface area contributed by atoms with E-state index < -0.39 is 0 Å². The number of carbonyl (C=O) groups excluding carboxylic acids is 3. The summed E-state index contributed by atoms with van der Waals surface area (Å²) in [4.78, 5) is 45.7. The number of allylic oxidation sites excluding steroid dienone is 7. The third kappa shape index (κ3) is 11.4. The van der Waals surface area contributed by atoms with Gasteiger partial charge in [0.25, 0.3) is 5.91 Å². The molecule has 0 saturated heterocycles. The summed E-state index contributed by atoms with van der Waals surface area (Å²) >= 11 is 5.48. The highest BCUT2D eigenvalue weighted by Gasteiger charge is 2.37. The number of halogens is 1. The highest BCUT2D eigenvalue weighted by Crippen LogP contribution is 2.40. The molecule has 1 N–H and O–H groups in total. The highest BCUT2D eigenvalue weighted by molar-refractivity contribution is 6.39. The molecule has 1 aliphatic carbocycles. The molecular formula is C33H44ClN3O4. The first kappa shape index (κ1) is 35.4. The molecule has 7 nitrogen and oxygen atoms in total. The number of aryl methyl sites for hydroxylation is 3. The molecule has 0 aromatic heterocycles. The first-order valence-electron chi connectivity index (χ1n) is 13.9. The molecule has 1 aliphatic rings. The van der Waals surface area contributed by atoms with E-state index in [2.05, 4.69) is 22.0 Å². The number of benzene rings is 1. The zero-order valence-electron chi connectivity index (χ0n) is 25.5. The van der Waals surface area contributed by atoms with Crippen molar-refractivity contribution in [1.82, 2.24) is 5.32 Å². The van der Waals surface area contributed by atoms with Crippen molar-refractivity contribution in [3.8, 4) is 0 Å². The van der Waals surface area contributed by atoms with Crippen LogP contribution in [-0.4, -0.2) is 44.2 Å². The predicted molar refractivity (Wildman–Crippen MR) is 170 cm³/mol. The number of amides is 1. The monoisotopic (exact) mass is 581 g/mol. The first-order valence-corrected chi connectivity index (χ1v) is 14.3. The van der Waals surface area contributed by atoms with Gasteiger partial charge in [-0.2, -0.15) is 0 Å². The van der Waals surface area contributed by atoms with Gasteiger partial charge in [0.05, 0.1) is 10.6 Å². The molecule has 0 heterocycles. The van der Waals surface area contributed by atoms with E-state index in [4.69, 9.17) is 16.3 Å². The molecule has 1 atom stereocenters. The average Bonchev–Trinajstić information content (AvgIpc) is 3.21. The zero-order chi connectivity index (χ0) is 30.9. The summed E-state index contributed by atoms with van der Waals surface area (Å²) in [6.45, 7) is 15.4. The Morgan fingerprint density at radius 2 is 1.85 bits per heavy atom. The van der Waals surface area contributed by atoms with Crippen LogP contribution in [-0.2, 0) is 19.1 Å². The lowest BCUT2D eigenvalue weighted by atomic mass is 9.90. The topological polar surface area (TPSA) is 97.2 Å². The van der Waals surface area contributed by atoms with Gasteiger partial charge in [0.1, 0.15) is 11.5 Å². The van der Waals surface area contributed by atoms with Crippen molar-refractivity contribution in [2.45, 2.75) is 73.6 Å². The lowest BCUT2D eigenvalue weighted by Crippen LogP contribution is -2.27. The van der Waals surface area contributed by atoms with E-state index in [1.165, 1.54) is 0 Å². The number of nitrogens with zero attached hydrogens (tertiary/aromatic N) is 2. The van der Waals surface area contributed by atoms with E-state index >= 15 is 0 Å². The number of nitrogens with one attached hydrogen (secondary N) is 1. The number of hydrogen-bond acceptors (Lipinski definition) is 6. The predicted octanol–water partition coefficient (Wildman–Crippen LogP) is 7.14. The average molecular weight is 582 g/mol. The minimum Gasteiger partial charge on any atom is -0.430 e. The maximum absolute atomic E-state index is 13.5. The second kappa shape index (κ2) is 18.7. The van der Waals surface area contributed by atoms with Gasteiger partial charge in [-0.1, -0.05) is 60.9 Å². The smallest absolute Gasteiger partial charge is 0.310 e. The second-order valence-corrected chi connectivity index (χ2v) is 10.2. The molecule has 41 heavy (non-hydrogen) atoms. The molecular weight excluding hydrogens is 538 g/mol. The van der Waals surface area contributed by atoms with Crippen molar-refractivity contribution in [3.63, 3.8) is 0 Å². The lowest BCUT2D eigenvalue weighted by molar-refractivity contribution is -0.139. The van der Waals surface area contributed by atoms with Crippen LogP contribution < -0.4 is 5.32 Å². The number of carbonyl (C=O) groups is 3. The number of aliphatic imine (C=N–C) groups is 2. The van der Waals surface area contributed by atoms with Crippen molar-refractivity contribution in [2.75, 3.05) is 13.6 Å². The zero-order valence-corrected chi connectivity index (χ0v) is 26.2. The fourth-order valence-corrected chi connectivity index (χ4v) is 4.57. The highest BCUT2D eigenvalue weighted by atomic mass is 35.5. The van der Waals surface area contributed by atoms with Crippen LogP contribution in [0.25, 0.3) is 5.57 Å². The molecule has 1 amide bonds. The largest absolute Gasteiger partial charge is 0.430 e. The van der Waals surface area contributed by atoms with Gasteiger partial charge in [-0.05, 0) is 76.9 Å². The summed E-state index contributed by atoms with van der Waals surface area (Å²) in [5.41, 5.74) is 4.63. The minimum absolute atomic E-state index is 0.0471. The number of ether oxygens (including phenoxy) is 1. The van der Waals surface area contributed by atoms with Gasteiger partial charge in [-0.15, -0.1) is 0 Å². The van der Waals surface area contributed by atoms with E-state index in [0.29, 0.717) is 42.2 Å². The summed E-state index contributed by atoms with van der Waals surface area (Å²) in [5.74, 6) is -0.630. The number of hydrogen-bond donors (Lipinski definition) is 1. The van der Waals surface area contributed by atoms with E-state index in [-0.39, 0.29) is 29.3 Å². The lowest BCUT2D eigenvalue weighted by Gasteiger charge is -2.14. The Morgan fingerprint density at radius 1 is 1.20 bits per heavy atom. The van der Waals surface area contributed by atoms with E-state index in [1.54, 1.807) is 37.6 Å². The van der Waals surface area contributed by atoms with E-state index in [0.717, 1.165) is 35.1 Å². The van der Waals surface area contributed by atoms with Crippen LogP contribution in [0.3, 0.4) is 0 Å². The van der Waals surface area contributed by atoms with Crippen molar-refractivity contribution in [1.29, 1.82) is 0 Å². The van der Waals surface area contributed by atoms with Gasteiger partial charge in [-0.25, -0.2) is 0 Å². The Bertz CT molecular complexity index is 1230. The van der Waals surface area contributed by atoms with Crippen LogP contribution in [0.1, 0.15) is 75.1 Å². The molecule has 0 fully saturated rings. The van der Waals surface area contributed by atoms with E-state index in [9.17, 15) is 14.4 Å². The Hall–Kier alpha value is -3.58. The summed E-state index contributed by atoms with van der Waals surface area (Å²) < 4.78 is 5.74. The van der Waals surface area contributed by atoms with Gasteiger partial charge >= 0.3 is 5.97 Å². The Morgan fingerprint density at radius 3 is 2.37 bits per heavy atom. The van der Waals surface area contributed by atoms with Crippen molar-refractivity contribution < 1.29 is 19.1 Å². The standard InChI is InChI=1S/C28H36N2O4.C5H8ClN/c1-7-9-11-22(29-6)28(33)30-14-13-21-17-23(34-24(31)12-10-8-2)26(27(21)32)25-19(4)15-18(3)16-20(25)5;1-3-5(6)4-7-2/h7,9,11,15-16,21H,6,8,10,12-14,17H2,1-5H3,(H,30,33);3-4H,1-2H3/b9-7-,22-11-;5-3+,7-4?. The third-order valence-electron chi connectivity index (χ3n) is 6.38. The van der Waals surface area contributed by atoms with Crippen molar-refractivity contribution in [3.05, 3.63) is 75.2 Å². The van der Waals surface area contributed by atoms with Crippen LogP contribution in [0.4, 0.5) is 0 Å². The van der Waals surface area contributed by atoms with Gasteiger partial charge in [-0.3, -0.25) is 24.4 Å². The molecule has 0 aliphatic heterocycles. The molecule has 8 heteroatoms. The minimum atomic E-state index is -0.371. The number of ketones is 1. The number of esters is 1. The van der Waals surface area contributed by atoms with Crippen LogP contribution in [0.5, 0.6) is 0 Å². The molecule has 0 bridgehead atoms. The molecule has 1 unspecified atom stereocenters. The van der Waals surface area contributed by atoms with Gasteiger partial charge in [0.15, 0.2) is 5.78 Å². The molecule has 0 radical (unpaired) electrons. The number of rotatable bonds is 12. The van der Waals surface area contributed by atoms with Crippen LogP contribution >= 0.6 is 11.6 Å². The fraction of sp³-hybridized carbons (Fsp3) is 0.424. The molecule has 222 valence electrons. The normalized spacial score (nSPS) is 15.8. The molecule has 1 aromatic carbocycles. The molecule has 2 rings (SSSR count). The molecule has 1 aromatic rings. The summed E-state index contributed by atoms with van der Waals surface area (Å²) in [6.07, 6.45) is 11.2. The second-order valence-electron chi connectivity index (χ2n) is 9.76. The Labute approximate surface area is 250 Å². The quantitative estimate of drug-likeness (QED) is 0.123. The first-order chi connectivity index (χ1) is 19.5. The summed E-state index contributed by atoms with van der Waals surface area (Å²) in [7, 11) is 1.69. The molecule has 0 spiro atoms. The summed E-state index contributed by atoms with van der Waals surface area (Å²) in [6, 6.07) is 4.07. The van der Waals surface area contributed by atoms with Crippen LogP contribution in [0, 0.1) is 26.7 Å². The number of unbranched alkanes of at least 4 members (excludes halogenated alkanes) is 1. The van der Waals surface area contributed by atoms with Gasteiger partial charge in [0.2, 0.25) is 0 Å². The fourth-order valence-electron chi connectivity index (χ4n) is 4.47. The SMILES string of the molecule is C/C=C(/Cl)C=NC.C=N/C(=C\C=C/C)C(=O)NCCC1CC(OC(=O)CCCC)=C(c2c(C)cc(C)cc2C)C1=O. The van der Waals surface area contributed by atoms with Gasteiger partial charge in [0, 0.05) is 38.6 Å². The summed E-state index contributed by atoms with van der Waals surface area (Å²) in [5, 5.41) is 3.49. The third-order valence-corrected chi connectivity index (χ3v) is 6.70. The maximum Gasteiger partial charge on any atom is 0.310 e. The maximum atomic E-state index is 13.5. The number of Topliss-reactive ketones (excluding diaryl/α,β-unsaturated/α-hetero) is 1. The van der Waals surface area contributed by atoms with Crippen LogP contribution in [0.2, 0.25) is 0 Å². The molecule has 0 saturated carbocycles. The van der Waals surface area contributed by atoms with Gasteiger partial charge < -0.3 is 10.1 Å². The van der Waals surface area contributed by atoms with Crippen LogP contribution in [0.15, 0.2) is 62.9 Å². The van der Waals surface area contributed by atoms with E-state index in [1.807, 2.05) is 53.7 Å². The Balaban J connectivity index is 0.00000106. The Kier molecular flexibility index (Phi) is 16.2.